The van der Waals surface area contributed by atoms with E-state index in [0.717, 1.165) is 11.1 Å². The lowest BCUT2D eigenvalue weighted by molar-refractivity contribution is 0.0642. The Hall–Kier alpha value is -2.46. The molecule has 0 aliphatic carbocycles. The molecule has 2 aromatic carbocycles. The van der Waals surface area contributed by atoms with Gasteiger partial charge < -0.3 is 5.73 Å². The molecule has 0 aromatic heterocycles. The Morgan fingerprint density at radius 1 is 0.850 bits per heavy atom. The third-order valence-corrected chi connectivity index (χ3v) is 3.45. The van der Waals surface area contributed by atoms with Crippen LogP contribution in [0.15, 0.2) is 48.5 Å². The van der Waals surface area contributed by atoms with Crippen LogP contribution < -0.4 is 5.73 Å². The van der Waals surface area contributed by atoms with Crippen molar-refractivity contribution in [3.63, 3.8) is 0 Å². The van der Waals surface area contributed by atoms with E-state index in [1.165, 1.54) is 4.90 Å². The molecule has 0 fully saturated rings. The van der Waals surface area contributed by atoms with Crippen molar-refractivity contribution in [1.82, 2.24) is 4.90 Å². The molecule has 4 heteroatoms. The van der Waals surface area contributed by atoms with Gasteiger partial charge in [-0.05, 0) is 23.3 Å². The molecule has 1 aliphatic rings. The second-order valence-electron chi connectivity index (χ2n) is 4.77. The van der Waals surface area contributed by atoms with Gasteiger partial charge in [-0.25, -0.2) is 0 Å². The number of nitrogens with zero attached hydrogens (tertiary/aromatic N) is 1. The molecule has 2 aromatic rings. The first kappa shape index (κ1) is 12.6. The lowest BCUT2D eigenvalue weighted by Gasteiger charge is -2.13. The van der Waals surface area contributed by atoms with Crippen LogP contribution in [0.2, 0.25) is 0 Å². The molecule has 2 N–H and O–H groups in total. The fraction of sp³-hybridized carbons (Fsp3) is 0.125. The summed E-state index contributed by atoms with van der Waals surface area (Å²) in [4.78, 5) is 25.9. The minimum absolute atomic E-state index is 0.238. The topological polar surface area (TPSA) is 63.4 Å². The molecule has 4 nitrogen and oxygen atoms in total. The summed E-state index contributed by atoms with van der Waals surface area (Å²) in [6.07, 6.45) is 0. The highest BCUT2D eigenvalue weighted by Crippen LogP contribution is 2.25. The van der Waals surface area contributed by atoms with E-state index in [4.69, 9.17) is 5.73 Å². The van der Waals surface area contributed by atoms with Gasteiger partial charge in [0.05, 0.1) is 17.7 Å². The van der Waals surface area contributed by atoms with Gasteiger partial charge in [-0.2, -0.15) is 0 Å². The van der Waals surface area contributed by atoms with Crippen LogP contribution in [0.5, 0.6) is 0 Å². The largest absolute Gasteiger partial charge is 0.326 e. The Balaban J connectivity index is 1.93. The van der Waals surface area contributed by atoms with Crippen LogP contribution in [0.25, 0.3) is 0 Å². The van der Waals surface area contributed by atoms with E-state index in [1.54, 1.807) is 18.2 Å². The van der Waals surface area contributed by atoms with Crippen molar-refractivity contribution >= 4 is 11.8 Å². The van der Waals surface area contributed by atoms with Crippen molar-refractivity contribution in [2.45, 2.75) is 13.1 Å². The van der Waals surface area contributed by atoms with Crippen molar-refractivity contribution in [2.75, 3.05) is 0 Å². The van der Waals surface area contributed by atoms with Crippen molar-refractivity contribution in [3.05, 3.63) is 70.8 Å². The van der Waals surface area contributed by atoms with Gasteiger partial charge >= 0.3 is 0 Å². The SMILES string of the molecule is NCc1ccc2c(c1)C(=O)N(Cc1ccccc1)C2=O. The van der Waals surface area contributed by atoms with Crippen molar-refractivity contribution in [3.8, 4) is 0 Å². The maximum absolute atomic E-state index is 12.3. The van der Waals surface area contributed by atoms with Crippen molar-refractivity contribution in [1.29, 1.82) is 0 Å². The summed E-state index contributed by atoms with van der Waals surface area (Å²) < 4.78 is 0. The normalized spacial score (nSPS) is 13.8. The molecule has 1 aliphatic heterocycles. The summed E-state index contributed by atoms with van der Waals surface area (Å²) in [6.45, 7) is 0.651. The first-order chi connectivity index (χ1) is 9.70. The molecule has 0 atom stereocenters. The van der Waals surface area contributed by atoms with E-state index in [2.05, 4.69) is 0 Å². The number of hydrogen-bond donors (Lipinski definition) is 1. The standard InChI is InChI=1S/C16H14N2O2/c17-9-12-6-7-13-14(8-12)16(20)18(15(13)19)10-11-4-2-1-3-5-11/h1-8H,9-10,17H2. The minimum atomic E-state index is -0.246. The molecule has 20 heavy (non-hydrogen) atoms. The van der Waals surface area contributed by atoms with Gasteiger partial charge in [0.1, 0.15) is 0 Å². The third-order valence-electron chi connectivity index (χ3n) is 3.45. The lowest BCUT2D eigenvalue weighted by Crippen LogP contribution is -2.29. The molecular weight excluding hydrogens is 252 g/mol. The zero-order valence-electron chi connectivity index (χ0n) is 10.9. The lowest BCUT2D eigenvalue weighted by atomic mass is 10.1. The molecule has 0 unspecified atom stereocenters. The van der Waals surface area contributed by atoms with E-state index in [1.807, 2.05) is 30.3 Å². The first-order valence-electron chi connectivity index (χ1n) is 6.44. The summed E-state index contributed by atoms with van der Waals surface area (Å²) in [6, 6.07) is 14.7. The maximum atomic E-state index is 12.3. The number of nitrogens with two attached hydrogens (primary N) is 1. The Labute approximate surface area is 116 Å². The molecule has 0 saturated carbocycles. The van der Waals surface area contributed by atoms with E-state index >= 15 is 0 Å². The summed E-state index contributed by atoms with van der Waals surface area (Å²) >= 11 is 0. The van der Waals surface area contributed by atoms with Gasteiger partial charge in [0.25, 0.3) is 11.8 Å². The molecule has 100 valence electrons. The highest BCUT2D eigenvalue weighted by Gasteiger charge is 2.35. The Morgan fingerprint density at radius 3 is 2.25 bits per heavy atom. The zero-order chi connectivity index (χ0) is 14.1. The summed E-state index contributed by atoms with van der Waals surface area (Å²) in [5.41, 5.74) is 8.27. The number of benzene rings is 2. The summed E-state index contributed by atoms with van der Waals surface area (Å²) in [7, 11) is 0. The molecule has 0 radical (unpaired) electrons. The smallest absolute Gasteiger partial charge is 0.261 e. The van der Waals surface area contributed by atoms with Crippen LogP contribution in [-0.4, -0.2) is 16.7 Å². The van der Waals surface area contributed by atoms with E-state index in [-0.39, 0.29) is 11.8 Å². The van der Waals surface area contributed by atoms with Crippen LogP contribution in [0.3, 0.4) is 0 Å². The molecule has 3 rings (SSSR count). The average molecular weight is 266 g/mol. The highest BCUT2D eigenvalue weighted by molar-refractivity contribution is 6.21. The minimum Gasteiger partial charge on any atom is -0.326 e. The number of rotatable bonds is 3. The monoisotopic (exact) mass is 266 g/mol. The number of fused-ring (bicyclic) bond motifs is 1. The number of imide groups is 1. The van der Waals surface area contributed by atoms with Gasteiger partial charge in [-0.15, -0.1) is 0 Å². The quantitative estimate of drug-likeness (QED) is 0.863. The number of hydrogen-bond acceptors (Lipinski definition) is 3. The van der Waals surface area contributed by atoms with Gasteiger partial charge in [0.2, 0.25) is 0 Å². The predicted molar refractivity (Wildman–Crippen MR) is 75.0 cm³/mol. The van der Waals surface area contributed by atoms with E-state index < -0.39 is 0 Å². The Bertz CT molecular complexity index is 680. The van der Waals surface area contributed by atoms with E-state index in [0.29, 0.717) is 24.2 Å². The number of amides is 2. The highest BCUT2D eigenvalue weighted by atomic mass is 16.2. The van der Waals surface area contributed by atoms with Gasteiger partial charge in [0.15, 0.2) is 0 Å². The Kier molecular flexibility index (Phi) is 3.08. The average Bonchev–Trinajstić information content (AvgIpc) is 2.73. The molecule has 0 bridgehead atoms. The van der Waals surface area contributed by atoms with Crippen LogP contribution >= 0.6 is 0 Å². The van der Waals surface area contributed by atoms with Crippen LogP contribution in [0, 0.1) is 0 Å². The number of carbonyl (C=O) groups excluding carboxylic acids is 2. The van der Waals surface area contributed by atoms with Crippen LogP contribution in [0.1, 0.15) is 31.8 Å². The molecular formula is C16H14N2O2. The van der Waals surface area contributed by atoms with Gasteiger partial charge in [-0.3, -0.25) is 14.5 Å². The van der Waals surface area contributed by atoms with E-state index in [9.17, 15) is 9.59 Å². The third kappa shape index (κ3) is 2.00. The van der Waals surface area contributed by atoms with Crippen LogP contribution in [-0.2, 0) is 13.1 Å². The first-order valence-corrected chi connectivity index (χ1v) is 6.44. The van der Waals surface area contributed by atoms with Crippen LogP contribution in [0.4, 0.5) is 0 Å². The maximum Gasteiger partial charge on any atom is 0.261 e. The second kappa shape index (κ2) is 4.90. The molecule has 0 spiro atoms. The van der Waals surface area contributed by atoms with Crippen molar-refractivity contribution < 1.29 is 9.59 Å². The summed E-state index contributed by atoms with van der Waals surface area (Å²) in [5, 5.41) is 0. The second-order valence-corrected chi connectivity index (χ2v) is 4.77. The molecule has 1 heterocycles. The Morgan fingerprint density at radius 2 is 1.55 bits per heavy atom. The fourth-order valence-corrected chi connectivity index (χ4v) is 2.37. The predicted octanol–water partition coefficient (Wildman–Crippen LogP) is 1.94. The van der Waals surface area contributed by atoms with Gasteiger partial charge in [-0.1, -0.05) is 36.4 Å². The molecule has 2 amide bonds. The zero-order valence-corrected chi connectivity index (χ0v) is 10.9. The van der Waals surface area contributed by atoms with Crippen molar-refractivity contribution in [2.24, 2.45) is 5.73 Å². The van der Waals surface area contributed by atoms with Gasteiger partial charge in [0, 0.05) is 6.54 Å². The fourth-order valence-electron chi connectivity index (χ4n) is 2.37. The molecule has 0 saturated heterocycles. The number of carbonyl (C=O) groups is 2. The summed E-state index contributed by atoms with van der Waals surface area (Å²) in [5.74, 6) is -0.485.